The molecule has 0 radical (unpaired) electrons. The van der Waals surface area contributed by atoms with Gasteiger partial charge in [-0.3, -0.25) is 0 Å². The lowest BCUT2D eigenvalue weighted by Gasteiger charge is -2.11. The third-order valence-electron chi connectivity index (χ3n) is 3.07. The van der Waals surface area contributed by atoms with Gasteiger partial charge in [0, 0.05) is 15.4 Å². The monoisotopic (exact) mass is 339 g/mol. The van der Waals surface area contributed by atoms with E-state index in [9.17, 15) is 0 Å². The van der Waals surface area contributed by atoms with E-state index in [1.165, 1.54) is 10.5 Å². The van der Waals surface area contributed by atoms with E-state index >= 15 is 0 Å². The first-order chi connectivity index (χ1) is 9.10. The highest BCUT2D eigenvalue weighted by molar-refractivity contribution is 9.10. The summed E-state index contributed by atoms with van der Waals surface area (Å²) in [5.74, 6) is 0.957. The molecule has 0 aliphatic rings. The molecule has 1 unspecified atom stereocenters. The third kappa shape index (κ3) is 3.88. The molecule has 0 bridgehead atoms. The van der Waals surface area contributed by atoms with Crippen LogP contribution in [0.3, 0.4) is 0 Å². The lowest BCUT2D eigenvalue weighted by atomic mass is 10.1. The molecule has 4 heteroatoms. The van der Waals surface area contributed by atoms with E-state index in [2.05, 4.69) is 41.1 Å². The zero-order chi connectivity index (χ0) is 13.8. The Morgan fingerprint density at radius 3 is 2.74 bits per heavy atom. The molecular formula is C15H18BrNOS. The van der Waals surface area contributed by atoms with Gasteiger partial charge in [-0.2, -0.15) is 0 Å². The van der Waals surface area contributed by atoms with Crippen molar-refractivity contribution in [1.82, 2.24) is 0 Å². The fraction of sp³-hybridized carbons (Fsp3) is 0.333. The Balaban J connectivity index is 2.12. The molecule has 2 rings (SSSR count). The third-order valence-corrected chi connectivity index (χ3v) is 4.94. The Labute approximate surface area is 126 Å². The zero-order valence-electron chi connectivity index (χ0n) is 11.2. The molecule has 102 valence electrons. The molecule has 0 aliphatic heterocycles. The number of nitrogens with two attached hydrogens (primary N) is 1. The summed E-state index contributed by atoms with van der Waals surface area (Å²) in [6, 6.07) is 8.66. The lowest BCUT2D eigenvalue weighted by molar-refractivity contribution is 0.527. The largest absolute Gasteiger partial charge is 0.468 e. The Morgan fingerprint density at radius 1 is 1.37 bits per heavy atom. The summed E-state index contributed by atoms with van der Waals surface area (Å²) in [4.78, 5) is 2.36. The summed E-state index contributed by atoms with van der Waals surface area (Å²) in [6.07, 6.45) is 3.63. The van der Waals surface area contributed by atoms with Crippen molar-refractivity contribution in [3.63, 3.8) is 0 Å². The molecular weight excluding hydrogens is 322 g/mol. The maximum Gasteiger partial charge on any atom is 0.114 e. The molecule has 0 aliphatic carbocycles. The summed E-state index contributed by atoms with van der Waals surface area (Å²) in [5, 5.41) is 0. The van der Waals surface area contributed by atoms with Gasteiger partial charge in [-0.05, 0) is 43.5 Å². The van der Waals surface area contributed by atoms with Crippen molar-refractivity contribution in [2.75, 3.05) is 0 Å². The van der Waals surface area contributed by atoms with E-state index in [0.29, 0.717) is 0 Å². The van der Waals surface area contributed by atoms with E-state index in [1.54, 1.807) is 18.0 Å². The van der Waals surface area contributed by atoms with E-state index in [0.717, 1.165) is 28.0 Å². The highest BCUT2D eigenvalue weighted by Gasteiger charge is 2.08. The van der Waals surface area contributed by atoms with Crippen molar-refractivity contribution >= 4 is 27.7 Å². The number of furan rings is 1. The highest BCUT2D eigenvalue weighted by Crippen LogP contribution is 2.33. The summed E-state index contributed by atoms with van der Waals surface area (Å²) in [6.45, 7) is 4.09. The quantitative estimate of drug-likeness (QED) is 0.851. The minimum absolute atomic E-state index is 0.228. The number of halogens is 1. The van der Waals surface area contributed by atoms with Gasteiger partial charge in [-0.1, -0.05) is 40.7 Å². The number of rotatable bonds is 5. The van der Waals surface area contributed by atoms with Gasteiger partial charge in [-0.25, -0.2) is 0 Å². The molecule has 0 fully saturated rings. The summed E-state index contributed by atoms with van der Waals surface area (Å²) in [7, 11) is 0. The van der Waals surface area contributed by atoms with Gasteiger partial charge >= 0.3 is 0 Å². The predicted molar refractivity (Wildman–Crippen MR) is 83.7 cm³/mol. The molecule has 0 amide bonds. The smallest absolute Gasteiger partial charge is 0.114 e. The van der Waals surface area contributed by atoms with Crippen LogP contribution >= 0.6 is 27.7 Å². The van der Waals surface area contributed by atoms with Crippen molar-refractivity contribution in [3.8, 4) is 0 Å². The first-order valence-corrected chi connectivity index (χ1v) is 7.97. The van der Waals surface area contributed by atoms with Gasteiger partial charge < -0.3 is 10.2 Å². The maximum atomic E-state index is 6.00. The summed E-state index contributed by atoms with van der Waals surface area (Å²) >= 11 is 5.35. The van der Waals surface area contributed by atoms with Crippen LogP contribution in [0.5, 0.6) is 0 Å². The van der Waals surface area contributed by atoms with E-state index in [4.69, 9.17) is 10.2 Å². The first kappa shape index (κ1) is 14.7. The van der Waals surface area contributed by atoms with Crippen LogP contribution in [-0.2, 0) is 6.42 Å². The van der Waals surface area contributed by atoms with E-state index in [-0.39, 0.29) is 6.04 Å². The van der Waals surface area contributed by atoms with Gasteiger partial charge in [0.2, 0.25) is 0 Å². The van der Waals surface area contributed by atoms with Crippen LogP contribution < -0.4 is 5.73 Å². The average Bonchev–Trinajstić information content (AvgIpc) is 2.78. The molecule has 1 atom stereocenters. The number of aryl methyl sites for hydroxylation is 1. The lowest BCUT2D eigenvalue weighted by Crippen LogP contribution is -2.21. The second kappa shape index (κ2) is 6.64. The molecule has 1 aromatic heterocycles. The van der Waals surface area contributed by atoms with Crippen LogP contribution in [0.4, 0.5) is 0 Å². The second-order valence-corrected chi connectivity index (χ2v) is 6.54. The number of benzene rings is 1. The van der Waals surface area contributed by atoms with E-state index in [1.807, 2.05) is 13.0 Å². The molecule has 0 saturated heterocycles. The molecule has 0 spiro atoms. The normalized spacial score (nSPS) is 12.6. The summed E-state index contributed by atoms with van der Waals surface area (Å²) in [5.41, 5.74) is 7.27. The Morgan fingerprint density at radius 2 is 2.16 bits per heavy atom. The van der Waals surface area contributed by atoms with Gasteiger partial charge in [0.1, 0.15) is 5.76 Å². The van der Waals surface area contributed by atoms with Crippen LogP contribution in [0.25, 0.3) is 0 Å². The van der Waals surface area contributed by atoms with Crippen molar-refractivity contribution in [2.24, 2.45) is 5.73 Å². The minimum atomic E-state index is 0.228. The summed E-state index contributed by atoms with van der Waals surface area (Å²) < 4.78 is 6.44. The first-order valence-electron chi connectivity index (χ1n) is 6.36. The average molecular weight is 340 g/mol. The SMILES string of the molecule is CCC(N)Cc1ccc(Sc2ccoc2C)cc1Br. The molecule has 2 nitrogen and oxygen atoms in total. The molecule has 2 N–H and O–H groups in total. The molecule has 19 heavy (non-hydrogen) atoms. The van der Waals surface area contributed by atoms with Gasteiger partial charge in [0.05, 0.1) is 11.2 Å². The van der Waals surface area contributed by atoms with Crippen molar-refractivity contribution in [2.45, 2.75) is 42.5 Å². The molecule has 2 aromatic rings. The standard InChI is InChI=1S/C15H18BrNOS/c1-3-12(17)8-11-4-5-13(9-14(11)16)19-15-6-7-18-10(15)2/h4-7,9,12H,3,8,17H2,1-2H3. The Hall–Kier alpha value is -0.710. The molecule has 1 aromatic carbocycles. The zero-order valence-corrected chi connectivity index (χ0v) is 13.6. The van der Waals surface area contributed by atoms with Crippen LogP contribution in [0.2, 0.25) is 0 Å². The minimum Gasteiger partial charge on any atom is -0.468 e. The molecule has 1 heterocycles. The van der Waals surface area contributed by atoms with Crippen molar-refractivity contribution < 1.29 is 4.42 Å². The van der Waals surface area contributed by atoms with Crippen LogP contribution in [0.15, 0.2) is 49.2 Å². The van der Waals surface area contributed by atoms with E-state index < -0.39 is 0 Å². The molecule has 0 saturated carbocycles. The van der Waals surface area contributed by atoms with Crippen molar-refractivity contribution in [3.05, 3.63) is 46.3 Å². The van der Waals surface area contributed by atoms with Crippen LogP contribution in [-0.4, -0.2) is 6.04 Å². The topological polar surface area (TPSA) is 39.2 Å². The van der Waals surface area contributed by atoms with Gasteiger partial charge in [0.25, 0.3) is 0 Å². The second-order valence-electron chi connectivity index (χ2n) is 4.57. The Bertz CT molecular complexity index is 553. The highest BCUT2D eigenvalue weighted by atomic mass is 79.9. The fourth-order valence-corrected chi connectivity index (χ4v) is 3.36. The maximum absolute atomic E-state index is 6.00. The van der Waals surface area contributed by atoms with Gasteiger partial charge in [-0.15, -0.1) is 0 Å². The van der Waals surface area contributed by atoms with Gasteiger partial charge in [0.15, 0.2) is 0 Å². The Kier molecular flexibility index (Phi) is 5.13. The fourth-order valence-electron chi connectivity index (χ4n) is 1.79. The number of hydrogen-bond donors (Lipinski definition) is 1. The van der Waals surface area contributed by atoms with Crippen molar-refractivity contribution in [1.29, 1.82) is 0 Å². The predicted octanol–water partition coefficient (Wildman–Crippen LogP) is 4.78. The van der Waals surface area contributed by atoms with Crippen LogP contribution in [0.1, 0.15) is 24.7 Å². The van der Waals surface area contributed by atoms with Crippen LogP contribution in [0, 0.1) is 6.92 Å². The number of hydrogen-bond acceptors (Lipinski definition) is 3.